The first-order valence-electron chi connectivity index (χ1n) is 5.42. The molecule has 17 heavy (non-hydrogen) atoms. The molecule has 0 saturated carbocycles. The third-order valence-corrected chi connectivity index (χ3v) is 2.98. The highest BCUT2D eigenvalue weighted by Crippen LogP contribution is 2.29. The van der Waals surface area contributed by atoms with Crippen LogP contribution in [-0.4, -0.2) is 17.4 Å². The molecule has 2 rings (SSSR count). The standard InChI is InChI=1S/C13H13NO2S/c1-8-5-6-10-11(12(15)13(16)14-10)9(8)4-2-3-7-17/h2,4-6,17H,3,7H2,1H3,(H,14,15,16). The van der Waals surface area contributed by atoms with Gasteiger partial charge in [0.15, 0.2) is 0 Å². The molecule has 0 fully saturated rings. The molecule has 0 saturated heterocycles. The molecule has 4 heteroatoms. The molecule has 0 aliphatic carbocycles. The molecule has 1 aromatic rings. The topological polar surface area (TPSA) is 46.2 Å². The van der Waals surface area contributed by atoms with Crippen molar-refractivity contribution in [1.29, 1.82) is 0 Å². The zero-order valence-corrected chi connectivity index (χ0v) is 10.4. The zero-order valence-electron chi connectivity index (χ0n) is 9.49. The predicted molar refractivity (Wildman–Crippen MR) is 71.6 cm³/mol. The molecule has 1 heterocycles. The van der Waals surface area contributed by atoms with Crippen molar-refractivity contribution in [2.45, 2.75) is 13.3 Å². The Kier molecular flexibility index (Phi) is 3.33. The van der Waals surface area contributed by atoms with E-state index < -0.39 is 11.7 Å². The number of carbonyl (C=O) groups is 2. The monoisotopic (exact) mass is 247 g/mol. The van der Waals surface area contributed by atoms with Crippen molar-refractivity contribution in [3.63, 3.8) is 0 Å². The molecule has 1 aliphatic heterocycles. The zero-order chi connectivity index (χ0) is 12.4. The second-order valence-electron chi connectivity index (χ2n) is 3.92. The maximum absolute atomic E-state index is 11.7. The highest BCUT2D eigenvalue weighted by atomic mass is 32.1. The second kappa shape index (κ2) is 4.75. The summed E-state index contributed by atoms with van der Waals surface area (Å²) < 4.78 is 0. The Hall–Kier alpha value is -1.55. The first-order chi connectivity index (χ1) is 8.15. The van der Waals surface area contributed by atoms with Crippen LogP contribution in [-0.2, 0) is 4.79 Å². The molecule has 1 N–H and O–H groups in total. The molecule has 0 spiro atoms. The van der Waals surface area contributed by atoms with Crippen LogP contribution in [0.4, 0.5) is 5.69 Å². The van der Waals surface area contributed by atoms with Crippen LogP contribution in [0.3, 0.4) is 0 Å². The lowest BCUT2D eigenvalue weighted by Crippen LogP contribution is -2.13. The molecule has 0 radical (unpaired) electrons. The lowest BCUT2D eigenvalue weighted by molar-refractivity contribution is -0.112. The fourth-order valence-electron chi connectivity index (χ4n) is 1.86. The molecule has 0 unspecified atom stereocenters. The summed E-state index contributed by atoms with van der Waals surface area (Å²) in [6, 6.07) is 3.67. The van der Waals surface area contributed by atoms with E-state index in [1.54, 1.807) is 6.07 Å². The van der Waals surface area contributed by atoms with Crippen LogP contribution in [0.2, 0.25) is 0 Å². The summed E-state index contributed by atoms with van der Waals surface area (Å²) >= 11 is 4.12. The average Bonchev–Trinajstić information content (AvgIpc) is 2.59. The number of rotatable bonds is 3. The van der Waals surface area contributed by atoms with Crippen LogP contribution >= 0.6 is 12.6 Å². The average molecular weight is 247 g/mol. The number of amides is 1. The fraction of sp³-hybridized carbons (Fsp3) is 0.231. The molecule has 0 bridgehead atoms. The van der Waals surface area contributed by atoms with Crippen LogP contribution in [0.25, 0.3) is 6.08 Å². The van der Waals surface area contributed by atoms with Gasteiger partial charge in [0.25, 0.3) is 11.7 Å². The van der Waals surface area contributed by atoms with E-state index in [-0.39, 0.29) is 0 Å². The van der Waals surface area contributed by atoms with Crippen molar-refractivity contribution in [2.24, 2.45) is 0 Å². The van der Waals surface area contributed by atoms with Gasteiger partial charge in [0, 0.05) is 0 Å². The third kappa shape index (κ3) is 2.13. The summed E-state index contributed by atoms with van der Waals surface area (Å²) in [5.41, 5.74) is 2.91. The Morgan fingerprint density at radius 1 is 1.35 bits per heavy atom. The van der Waals surface area contributed by atoms with Gasteiger partial charge in [0.1, 0.15) is 0 Å². The number of thiol groups is 1. The van der Waals surface area contributed by atoms with E-state index in [4.69, 9.17) is 0 Å². The van der Waals surface area contributed by atoms with Gasteiger partial charge in [-0.3, -0.25) is 9.59 Å². The van der Waals surface area contributed by atoms with Crippen molar-refractivity contribution in [2.75, 3.05) is 11.1 Å². The summed E-state index contributed by atoms with van der Waals surface area (Å²) in [4.78, 5) is 23.1. The van der Waals surface area contributed by atoms with Crippen molar-refractivity contribution >= 4 is 36.1 Å². The highest BCUT2D eigenvalue weighted by molar-refractivity contribution is 7.80. The number of carbonyl (C=O) groups excluding carboxylic acids is 2. The second-order valence-corrected chi connectivity index (χ2v) is 4.36. The molecule has 1 aromatic carbocycles. The van der Waals surface area contributed by atoms with Gasteiger partial charge in [0.2, 0.25) is 0 Å². The third-order valence-electron chi connectivity index (χ3n) is 2.73. The number of benzene rings is 1. The Morgan fingerprint density at radius 2 is 2.12 bits per heavy atom. The van der Waals surface area contributed by atoms with Gasteiger partial charge in [-0.2, -0.15) is 12.6 Å². The Bertz CT molecular complexity index is 520. The highest BCUT2D eigenvalue weighted by Gasteiger charge is 2.30. The number of hydrogen-bond acceptors (Lipinski definition) is 3. The van der Waals surface area contributed by atoms with Gasteiger partial charge in [-0.25, -0.2) is 0 Å². The minimum absolute atomic E-state index is 0.450. The van der Waals surface area contributed by atoms with Gasteiger partial charge >= 0.3 is 0 Å². The van der Waals surface area contributed by atoms with Crippen LogP contribution < -0.4 is 5.32 Å². The summed E-state index contributed by atoms with van der Waals surface area (Å²) in [5, 5.41) is 2.57. The molecular weight excluding hydrogens is 234 g/mol. The number of ketones is 1. The molecule has 0 aromatic heterocycles. The lowest BCUT2D eigenvalue weighted by atomic mass is 9.98. The molecular formula is C13H13NO2S. The maximum Gasteiger partial charge on any atom is 0.296 e. The Balaban J connectivity index is 2.49. The minimum Gasteiger partial charge on any atom is -0.318 e. The largest absolute Gasteiger partial charge is 0.318 e. The van der Waals surface area contributed by atoms with Gasteiger partial charge in [0.05, 0.1) is 11.3 Å². The maximum atomic E-state index is 11.7. The van der Waals surface area contributed by atoms with Crippen molar-refractivity contribution in [3.05, 3.63) is 34.9 Å². The minimum atomic E-state index is -0.547. The van der Waals surface area contributed by atoms with Crippen LogP contribution in [0.1, 0.15) is 27.9 Å². The first kappa shape index (κ1) is 11.9. The number of allylic oxidation sites excluding steroid dienone is 1. The smallest absolute Gasteiger partial charge is 0.296 e. The van der Waals surface area contributed by atoms with E-state index in [1.165, 1.54) is 0 Å². The van der Waals surface area contributed by atoms with E-state index in [0.29, 0.717) is 11.3 Å². The number of nitrogens with one attached hydrogen (secondary N) is 1. The number of fused-ring (bicyclic) bond motifs is 1. The van der Waals surface area contributed by atoms with Crippen LogP contribution in [0.5, 0.6) is 0 Å². The summed E-state index contributed by atoms with van der Waals surface area (Å²) in [5.74, 6) is -0.237. The molecule has 1 aliphatic rings. The normalized spacial score (nSPS) is 14.2. The molecule has 3 nitrogen and oxygen atoms in total. The quantitative estimate of drug-likeness (QED) is 0.636. The van der Waals surface area contributed by atoms with E-state index in [2.05, 4.69) is 17.9 Å². The predicted octanol–water partition coefficient (Wildman–Crippen LogP) is 2.46. The van der Waals surface area contributed by atoms with Crippen molar-refractivity contribution < 1.29 is 9.59 Å². The van der Waals surface area contributed by atoms with Crippen molar-refractivity contribution in [3.8, 4) is 0 Å². The van der Waals surface area contributed by atoms with E-state index >= 15 is 0 Å². The first-order valence-corrected chi connectivity index (χ1v) is 6.05. The van der Waals surface area contributed by atoms with E-state index in [9.17, 15) is 9.59 Å². The molecule has 88 valence electrons. The SMILES string of the molecule is Cc1ccc2c(c1C=CCCS)C(=O)C(=O)N2. The van der Waals surface area contributed by atoms with Crippen molar-refractivity contribution in [1.82, 2.24) is 0 Å². The van der Waals surface area contributed by atoms with E-state index in [0.717, 1.165) is 23.3 Å². The van der Waals surface area contributed by atoms with Gasteiger partial charge in [-0.15, -0.1) is 0 Å². The van der Waals surface area contributed by atoms with Gasteiger partial charge in [-0.1, -0.05) is 18.2 Å². The van der Waals surface area contributed by atoms with Crippen LogP contribution in [0, 0.1) is 6.92 Å². The number of anilines is 1. The van der Waals surface area contributed by atoms with E-state index in [1.807, 2.05) is 25.1 Å². The molecule has 0 atom stereocenters. The summed E-state index contributed by atoms with van der Waals surface area (Å²) in [7, 11) is 0. The number of aryl methyl sites for hydroxylation is 1. The summed E-state index contributed by atoms with van der Waals surface area (Å²) in [6.07, 6.45) is 4.69. The fourth-order valence-corrected chi connectivity index (χ4v) is 2.00. The van der Waals surface area contributed by atoms with Gasteiger partial charge < -0.3 is 5.32 Å². The summed E-state index contributed by atoms with van der Waals surface area (Å²) in [6.45, 7) is 1.93. The Morgan fingerprint density at radius 3 is 2.82 bits per heavy atom. The van der Waals surface area contributed by atoms with Crippen LogP contribution in [0.15, 0.2) is 18.2 Å². The number of Topliss-reactive ketones (excluding diaryl/α,β-unsaturated/α-hetero) is 1. The van der Waals surface area contributed by atoms with Gasteiger partial charge in [-0.05, 0) is 36.3 Å². The Labute approximate surface area is 105 Å². The lowest BCUT2D eigenvalue weighted by Gasteiger charge is -2.05. The molecule has 1 amide bonds. The number of hydrogen-bond donors (Lipinski definition) is 2.